The van der Waals surface area contributed by atoms with E-state index in [-0.39, 0.29) is 37.6 Å². The van der Waals surface area contributed by atoms with Gasteiger partial charge in [-0.2, -0.15) is 13.2 Å². The largest absolute Gasteiger partial charge is 0.494 e. The van der Waals surface area contributed by atoms with Crippen molar-refractivity contribution in [2.75, 3.05) is 25.2 Å². The highest BCUT2D eigenvalue weighted by atomic mass is 32.2. The van der Waals surface area contributed by atoms with E-state index in [4.69, 9.17) is 19.3 Å². The lowest BCUT2D eigenvalue weighted by atomic mass is 9.94. The molecular weight excluding hydrogens is 563 g/mol. The molecule has 1 aliphatic heterocycles. The van der Waals surface area contributed by atoms with Crippen LogP contribution in [-0.4, -0.2) is 49.7 Å². The molecule has 3 aromatic rings. The fourth-order valence-electron chi connectivity index (χ4n) is 4.89. The third-order valence-corrected chi connectivity index (χ3v) is 7.65. The highest BCUT2D eigenvalue weighted by Crippen LogP contribution is 2.48. The highest BCUT2D eigenvalue weighted by Gasteiger charge is 2.43. The van der Waals surface area contributed by atoms with Gasteiger partial charge in [0.05, 0.1) is 25.4 Å². The van der Waals surface area contributed by atoms with Gasteiger partial charge in [0.1, 0.15) is 27.9 Å². The van der Waals surface area contributed by atoms with Crippen LogP contribution in [0.2, 0.25) is 0 Å². The fraction of sp³-hybridized carbons (Fsp3) is 0.379. The van der Waals surface area contributed by atoms with Crippen molar-refractivity contribution >= 4 is 15.8 Å². The van der Waals surface area contributed by atoms with Crippen molar-refractivity contribution in [2.24, 2.45) is 0 Å². The molecule has 1 aromatic heterocycles. The molecule has 0 bridgehead atoms. The quantitative estimate of drug-likeness (QED) is 0.281. The third kappa shape index (κ3) is 7.49. The number of fused-ring (bicyclic) bond motifs is 1. The third-order valence-electron chi connectivity index (χ3n) is 6.62. The molecular formula is C29H30F3NO7S. The van der Waals surface area contributed by atoms with E-state index in [1.54, 1.807) is 12.1 Å². The first-order chi connectivity index (χ1) is 19.2. The number of benzene rings is 2. The van der Waals surface area contributed by atoms with Crippen LogP contribution in [0, 0.1) is 13.8 Å². The monoisotopic (exact) mass is 593 g/mol. The number of aromatic nitrogens is 1. The number of hydrogen-bond acceptors (Lipinski definition) is 7. The normalized spacial score (nSPS) is 14.8. The molecule has 1 N–H and O–H groups in total. The maximum atomic E-state index is 14.0. The van der Waals surface area contributed by atoms with Crippen molar-refractivity contribution in [3.05, 3.63) is 70.4 Å². The number of rotatable bonds is 11. The van der Waals surface area contributed by atoms with Gasteiger partial charge < -0.3 is 19.3 Å². The molecule has 2 heterocycles. The van der Waals surface area contributed by atoms with Crippen LogP contribution < -0.4 is 14.2 Å². The summed E-state index contributed by atoms with van der Waals surface area (Å²) in [5, 5.41) is 9.07. The number of hydrogen-bond donors (Lipinski definition) is 1. The minimum Gasteiger partial charge on any atom is -0.494 e. The Bertz CT molecular complexity index is 1530. The smallest absolute Gasteiger partial charge is 0.425 e. The second-order valence-corrected chi connectivity index (χ2v) is 12.3. The number of alkyl halides is 3. The molecule has 0 amide bonds. The molecule has 0 radical (unpaired) electrons. The zero-order chi connectivity index (χ0) is 29.9. The van der Waals surface area contributed by atoms with Crippen molar-refractivity contribution in [3.63, 3.8) is 0 Å². The number of aryl methyl sites for hydroxylation is 2. The molecule has 0 aliphatic carbocycles. The molecule has 1 aliphatic rings. The molecule has 2 aromatic carbocycles. The number of pyridine rings is 1. The average molecular weight is 594 g/mol. The number of carbonyl (C=O) groups is 1. The standard InChI is InChI=1S/C29H30F3NO7S/c1-17-10-22(38-8-5-9-41(3,36)37)11-18(2)25(17)20-7-4-6-19(12-20)15-40-28-26(29(30,31)32)27-23(14-33-28)21(16-39-27)13-24(34)35/h4,6-7,10-12,14,21H,5,8-9,13,15-16H2,1-3H3,(H,34,35)/t21-/m1/s1. The molecule has 0 fully saturated rings. The molecule has 0 unspecified atom stereocenters. The first-order valence-electron chi connectivity index (χ1n) is 12.8. The van der Waals surface area contributed by atoms with Crippen LogP contribution in [-0.2, 0) is 27.4 Å². The van der Waals surface area contributed by atoms with Gasteiger partial charge in [-0.3, -0.25) is 4.79 Å². The molecule has 220 valence electrons. The van der Waals surface area contributed by atoms with Crippen molar-refractivity contribution in [1.82, 2.24) is 4.98 Å². The van der Waals surface area contributed by atoms with Gasteiger partial charge in [-0.05, 0) is 66.3 Å². The van der Waals surface area contributed by atoms with E-state index >= 15 is 0 Å². The predicted octanol–water partition coefficient (Wildman–Crippen LogP) is 5.73. The zero-order valence-corrected chi connectivity index (χ0v) is 23.6. The number of sulfone groups is 1. The number of ether oxygens (including phenoxy) is 3. The summed E-state index contributed by atoms with van der Waals surface area (Å²) in [6, 6.07) is 10.9. The van der Waals surface area contributed by atoms with Gasteiger partial charge in [-0.1, -0.05) is 18.2 Å². The lowest BCUT2D eigenvalue weighted by molar-refractivity contribution is -0.141. The molecule has 1 atom stereocenters. The van der Waals surface area contributed by atoms with Gasteiger partial charge in [-0.15, -0.1) is 0 Å². The Morgan fingerprint density at radius 1 is 1.15 bits per heavy atom. The van der Waals surface area contributed by atoms with Gasteiger partial charge in [0.15, 0.2) is 5.56 Å². The Labute approximate surface area is 236 Å². The van der Waals surface area contributed by atoms with Crippen LogP contribution in [0.15, 0.2) is 42.6 Å². The van der Waals surface area contributed by atoms with Crippen LogP contribution in [0.3, 0.4) is 0 Å². The summed E-state index contributed by atoms with van der Waals surface area (Å²) in [4.78, 5) is 15.0. The van der Waals surface area contributed by atoms with Crippen LogP contribution in [0.4, 0.5) is 13.2 Å². The fourth-order valence-corrected chi connectivity index (χ4v) is 5.54. The van der Waals surface area contributed by atoms with Crippen LogP contribution in [0.1, 0.15) is 46.6 Å². The minimum absolute atomic E-state index is 0.0433. The van der Waals surface area contributed by atoms with E-state index in [1.807, 2.05) is 38.1 Å². The van der Waals surface area contributed by atoms with Crippen LogP contribution >= 0.6 is 0 Å². The molecule has 41 heavy (non-hydrogen) atoms. The Morgan fingerprint density at radius 2 is 1.85 bits per heavy atom. The predicted molar refractivity (Wildman–Crippen MR) is 145 cm³/mol. The van der Waals surface area contributed by atoms with E-state index in [9.17, 15) is 26.4 Å². The van der Waals surface area contributed by atoms with E-state index in [2.05, 4.69) is 4.98 Å². The summed E-state index contributed by atoms with van der Waals surface area (Å²) in [6.45, 7) is 3.72. The number of carboxylic acid groups (broad SMARTS) is 1. The lowest BCUT2D eigenvalue weighted by Crippen LogP contribution is -2.12. The number of nitrogens with zero attached hydrogens (tertiary/aromatic N) is 1. The zero-order valence-electron chi connectivity index (χ0n) is 22.7. The van der Waals surface area contributed by atoms with E-state index < -0.39 is 45.1 Å². The van der Waals surface area contributed by atoms with Gasteiger partial charge >= 0.3 is 12.1 Å². The maximum Gasteiger partial charge on any atom is 0.425 e. The molecule has 0 spiro atoms. The van der Waals surface area contributed by atoms with Crippen LogP contribution in [0.5, 0.6) is 17.4 Å². The second-order valence-electron chi connectivity index (χ2n) is 10.1. The summed E-state index contributed by atoms with van der Waals surface area (Å²) in [7, 11) is -3.06. The van der Waals surface area contributed by atoms with Gasteiger partial charge in [-0.25, -0.2) is 13.4 Å². The summed E-state index contributed by atoms with van der Waals surface area (Å²) in [5.74, 6) is -2.28. The topological polar surface area (TPSA) is 112 Å². The van der Waals surface area contributed by atoms with Crippen LogP contribution in [0.25, 0.3) is 11.1 Å². The summed E-state index contributed by atoms with van der Waals surface area (Å²) in [6.07, 6.45) is -2.44. The number of halogens is 3. The molecule has 4 rings (SSSR count). The minimum atomic E-state index is -4.82. The molecule has 0 saturated carbocycles. The first-order valence-corrected chi connectivity index (χ1v) is 14.9. The van der Waals surface area contributed by atoms with E-state index in [0.717, 1.165) is 22.3 Å². The van der Waals surface area contributed by atoms with Crippen molar-refractivity contribution in [3.8, 4) is 28.5 Å². The van der Waals surface area contributed by atoms with Crippen molar-refractivity contribution in [1.29, 1.82) is 0 Å². The second kappa shape index (κ2) is 12.0. The Balaban J connectivity index is 1.52. The van der Waals surface area contributed by atoms with Gasteiger partial charge in [0.25, 0.3) is 0 Å². The number of aliphatic carboxylic acids is 1. The average Bonchev–Trinajstić information content (AvgIpc) is 3.25. The SMILES string of the molecule is Cc1cc(OCCCS(C)(=O)=O)cc(C)c1-c1cccc(COc2ncc3c(c2C(F)(F)F)OC[C@H]3CC(=O)O)c1. The lowest BCUT2D eigenvalue weighted by Gasteiger charge is -2.17. The highest BCUT2D eigenvalue weighted by molar-refractivity contribution is 7.90. The Kier molecular flexibility index (Phi) is 8.81. The maximum absolute atomic E-state index is 14.0. The molecule has 12 heteroatoms. The summed E-state index contributed by atoms with van der Waals surface area (Å²) < 4.78 is 81.3. The first kappa shape index (κ1) is 30.2. The number of carboxylic acids is 1. The summed E-state index contributed by atoms with van der Waals surface area (Å²) in [5.41, 5.74) is 3.15. The summed E-state index contributed by atoms with van der Waals surface area (Å²) >= 11 is 0. The Hall–Kier alpha value is -3.80. The molecule has 8 nitrogen and oxygen atoms in total. The van der Waals surface area contributed by atoms with E-state index in [1.165, 1.54) is 12.5 Å². The Morgan fingerprint density at radius 3 is 2.49 bits per heavy atom. The van der Waals surface area contributed by atoms with Crippen molar-refractivity contribution < 1.29 is 45.7 Å². The van der Waals surface area contributed by atoms with E-state index in [0.29, 0.717) is 17.7 Å². The van der Waals surface area contributed by atoms with Gasteiger partial charge in [0.2, 0.25) is 5.88 Å². The molecule has 0 saturated heterocycles. The van der Waals surface area contributed by atoms with Crippen molar-refractivity contribution in [2.45, 2.75) is 45.4 Å². The van der Waals surface area contributed by atoms with Gasteiger partial charge in [0, 0.05) is 23.9 Å².